The largest absolute Gasteiger partial charge is 0.398 e. The van der Waals surface area contributed by atoms with E-state index in [9.17, 15) is 0 Å². The molecule has 2 heterocycles. The quantitative estimate of drug-likeness (QED) is 0.693. The highest BCUT2D eigenvalue weighted by molar-refractivity contribution is 7.09. The van der Waals surface area contributed by atoms with Crippen molar-refractivity contribution in [2.24, 2.45) is 0 Å². The van der Waals surface area contributed by atoms with Gasteiger partial charge < -0.3 is 10.3 Å². The van der Waals surface area contributed by atoms with Crippen LogP contribution in [0.5, 0.6) is 0 Å². The summed E-state index contributed by atoms with van der Waals surface area (Å²) in [6.45, 7) is 0. The SMILES string of the molecule is Nc1ccccc1-c1noc(-c2cnns2)n1. The summed E-state index contributed by atoms with van der Waals surface area (Å²) in [4.78, 5) is 4.99. The van der Waals surface area contributed by atoms with Gasteiger partial charge in [-0.15, -0.1) is 5.10 Å². The Hall–Kier alpha value is -2.28. The van der Waals surface area contributed by atoms with Gasteiger partial charge in [0.25, 0.3) is 5.89 Å². The predicted octanol–water partition coefficient (Wildman–Crippen LogP) is 1.84. The number of benzene rings is 1. The number of aromatic nitrogens is 4. The molecule has 3 rings (SSSR count). The van der Waals surface area contributed by atoms with Crippen LogP contribution in [0.1, 0.15) is 0 Å². The van der Waals surface area contributed by atoms with E-state index in [1.807, 2.05) is 18.2 Å². The van der Waals surface area contributed by atoms with Gasteiger partial charge in [-0.1, -0.05) is 21.8 Å². The molecule has 7 heteroatoms. The molecule has 0 saturated heterocycles. The van der Waals surface area contributed by atoms with E-state index < -0.39 is 0 Å². The molecule has 2 aromatic heterocycles. The van der Waals surface area contributed by atoms with Gasteiger partial charge >= 0.3 is 0 Å². The lowest BCUT2D eigenvalue weighted by molar-refractivity contribution is 0.433. The Morgan fingerprint density at radius 3 is 2.88 bits per heavy atom. The van der Waals surface area contributed by atoms with Crippen LogP contribution in [0.25, 0.3) is 22.2 Å². The third kappa shape index (κ3) is 1.76. The molecule has 0 aliphatic rings. The van der Waals surface area contributed by atoms with E-state index in [1.54, 1.807) is 12.3 Å². The summed E-state index contributed by atoms with van der Waals surface area (Å²) < 4.78 is 8.87. The molecule has 0 spiro atoms. The number of nitrogen functional groups attached to an aromatic ring is 1. The van der Waals surface area contributed by atoms with Gasteiger partial charge in [-0.25, -0.2) is 0 Å². The van der Waals surface area contributed by atoms with Crippen LogP contribution in [0.15, 0.2) is 35.0 Å². The van der Waals surface area contributed by atoms with E-state index in [4.69, 9.17) is 10.3 Å². The van der Waals surface area contributed by atoms with E-state index in [1.165, 1.54) is 11.5 Å². The Morgan fingerprint density at radius 2 is 2.12 bits per heavy atom. The number of nitrogens with two attached hydrogens (primary N) is 1. The van der Waals surface area contributed by atoms with Crippen LogP contribution >= 0.6 is 11.5 Å². The van der Waals surface area contributed by atoms with E-state index >= 15 is 0 Å². The van der Waals surface area contributed by atoms with Crippen molar-refractivity contribution >= 4 is 17.2 Å². The molecule has 0 fully saturated rings. The van der Waals surface area contributed by atoms with Crippen molar-refractivity contribution in [3.63, 3.8) is 0 Å². The third-order valence-electron chi connectivity index (χ3n) is 2.20. The first-order valence-corrected chi connectivity index (χ1v) is 5.58. The average Bonchev–Trinajstić information content (AvgIpc) is 3.00. The molecular weight excluding hydrogens is 238 g/mol. The first-order valence-electron chi connectivity index (χ1n) is 4.81. The predicted molar refractivity (Wildman–Crippen MR) is 63.0 cm³/mol. The Kier molecular flexibility index (Phi) is 2.30. The topological polar surface area (TPSA) is 90.7 Å². The normalized spacial score (nSPS) is 10.6. The van der Waals surface area contributed by atoms with Crippen molar-refractivity contribution in [1.29, 1.82) is 0 Å². The molecule has 84 valence electrons. The minimum absolute atomic E-state index is 0.401. The Morgan fingerprint density at radius 1 is 1.24 bits per heavy atom. The number of nitrogens with zero attached hydrogens (tertiary/aromatic N) is 4. The standard InChI is InChI=1S/C10H7N5OS/c11-7-4-2-1-3-6(7)9-13-10(16-14-9)8-5-12-15-17-8/h1-5H,11H2. The smallest absolute Gasteiger partial charge is 0.271 e. The summed E-state index contributed by atoms with van der Waals surface area (Å²) in [5.74, 6) is 0.866. The molecule has 0 aliphatic carbocycles. The van der Waals surface area contributed by atoms with Crippen LogP contribution in [0, 0.1) is 0 Å². The zero-order valence-corrected chi connectivity index (χ0v) is 9.39. The molecule has 0 unspecified atom stereocenters. The highest BCUT2D eigenvalue weighted by atomic mass is 32.1. The lowest BCUT2D eigenvalue weighted by Gasteiger charge is -1.97. The van der Waals surface area contributed by atoms with Gasteiger partial charge in [0.15, 0.2) is 0 Å². The maximum atomic E-state index is 5.84. The molecule has 1 aromatic carbocycles. The van der Waals surface area contributed by atoms with Crippen molar-refractivity contribution < 1.29 is 4.52 Å². The second kappa shape index (κ2) is 3.95. The van der Waals surface area contributed by atoms with Crippen LogP contribution in [-0.2, 0) is 0 Å². The van der Waals surface area contributed by atoms with Crippen LogP contribution in [-0.4, -0.2) is 19.7 Å². The monoisotopic (exact) mass is 245 g/mol. The first-order chi connectivity index (χ1) is 8.34. The van der Waals surface area contributed by atoms with Gasteiger partial charge in [-0.3, -0.25) is 0 Å². The fraction of sp³-hybridized carbons (Fsp3) is 0. The Bertz CT molecular complexity index is 634. The maximum absolute atomic E-state index is 5.84. The summed E-state index contributed by atoms with van der Waals surface area (Å²) in [7, 11) is 0. The number of anilines is 1. The summed E-state index contributed by atoms with van der Waals surface area (Å²) in [6, 6.07) is 7.36. The highest BCUT2D eigenvalue weighted by Gasteiger charge is 2.13. The molecule has 0 saturated carbocycles. The molecule has 6 nitrogen and oxygen atoms in total. The third-order valence-corrected chi connectivity index (χ3v) is 2.85. The molecule has 0 aliphatic heterocycles. The van der Waals surface area contributed by atoms with Gasteiger partial charge in [0.05, 0.1) is 6.20 Å². The molecule has 2 N–H and O–H groups in total. The van der Waals surface area contributed by atoms with Crippen LogP contribution in [0.3, 0.4) is 0 Å². The number of hydrogen-bond donors (Lipinski definition) is 1. The van der Waals surface area contributed by atoms with E-state index in [0.717, 1.165) is 10.4 Å². The number of para-hydroxylation sites is 1. The number of rotatable bonds is 2. The second-order valence-corrected chi connectivity index (χ2v) is 4.08. The molecule has 3 aromatic rings. The first kappa shape index (κ1) is 9.91. The fourth-order valence-corrected chi connectivity index (χ4v) is 1.83. The maximum Gasteiger partial charge on any atom is 0.271 e. The molecule has 0 bridgehead atoms. The van der Waals surface area contributed by atoms with Crippen LogP contribution in [0.2, 0.25) is 0 Å². The molecule has 0 atom stereocenters. The van der Waals surface area contributed by atoms with E-state index in [2.05, 4.69) is 19.7 Å². The van der Waals surface area contributed by atoms with Crippen molar-refractivity contribution in [2.75, 3.05) is 5.73 Å². The van der Waals surface area contributed by atoms with Crippen LogP contribution in [0.4, 0.5) is 5.69 Å². The van der Waals surface area contributed by atoms with E-state index in [0.29, 0.717) is 17.4 Å². The zero-order valence-electron chi connectivity index (χ0n) is 8.57. The van der Waals surface area contributed by atoms with Crippen LogP contribution < -0.4 is 5.73 Å². The van der Waals surface area contributed by atoms with Gasteiger partial charge in [0, 0.05) is 11.3 Å². The summed E-state index contributed by atoms with van der Waals surface area (Å²) >= 11 is 1.20. The van der Waals surface area contributed by atoms with Crippen molar-refractivity contribution in [3.8, 4) is 22.2 Å². The minimum Gasteiger partial charge on any atom is -0.398 e. The van der Waals surface area contributed by atoms with E-state index in [-0.39, 0.29) is 0 Å². The zero-order chi connectivity index (χ0) is 11.7. The number of hydrogen-bond acceptors (Lipinski definition) is 7. The Labute approximate surface area is 100 Å². The summed E-state index contributed by atoms with van der Waals surface area (Å²) in [5.41, 5.74) is 7.20. The van der Waals surface area contributed by atoms with Crippen molar-refractivity contribution in [2.45, 2.75) is 0 Å². The lowest BCUT2D eigenvalue weighted by atomic mass is 10.2. The lowest BCUT2D eigenvalue weighted by Crippen LogP contribution is -1.90. The molecule has 0 radical (unpaired) electrons. The molecular formula is C10H7N5OS. The highest BCUT2D eigenvalue weighted by Crippen LogP contribution is 2.26. The van der Waals surface area contributed by atoms with Gasteiger partial charge in [0.2, 0.25) is 5.82 Å². The fourth-order valence-electron chi connectivity index (χ4n) is 1.40. The minimum atomic E-state index is 0.401. The van der Waals surface area contributed by atoms with Gasteiger partial charge in [0.1, 0.15) is 4.88 Å². The molecule has 0 amide bonds. The molecule has 17 heavy (non-hydrogen) atoms. The second-order valence-electron chi connectivity index (χ2n) is 3.29. The van der Waals surface area contributed by atoms with Crippen molar-refractivity contribution in [3.05, 3.63) is 30.5 Å². The summed E-state index contributed by atoms with van der Waals surface area (Å²) in [6.07, 6.45) is 1.58. The van der Waals surface area contributed by atoms with Crippen molar-refractivity contribution in [1.82, 2.24) is 19.7 Å². The van der Waals surface area contributed by atoms with Gasteiger partial charge in [-0.2, -0.15) is 4.98 Å². The average molecular weight is 245 g/mol. The van der Waals surface area contributed by atoms with Gasteiger partial charge in [-0.05, 0) is 23.7 Å². The summed E-state index contributed by atoms with van der Waals surface area (Å²) in [5, 5.41) is 7.60. The Balaban J connectivity index is 2.04.